The number of pyridine rings is 2. The summed E-state index contributed by atoms with van der Waals surface area (Å²) >= 11 is 0. The van der Waals surface area contributed by atoms with Crippen LogP contribution < -0.4 is 0 Å². The molecule has 4 rings (SSSR count). The van der Waals surface area contributed by atoms with Crippen LogP contribution in [0, 0.1) is 5.92 Å². The first-order valence-corrected chi connectivity index (χ1v) is 9.55. The molecule has 5 nitrogen and oxygen atoms in total. The number of aliphatic hydroxyl groups excluding tert-OH is 1. The van der Waals surface area contributed by atoms with Crippen molar-refractivity contribution in [2.24, 2.45) is 5.92 Å². The van der Waals surface area contributed by atoms with Gasteiger partial charge in [-0.1, -0.05) is 25.1 Å². The lowest BCUT2D eigenvalue weighted by Gasteiger charge is -2.17. The van der Waals surface area contributed by atoms with Crippen molar-refractivity contribution in [1.82, 2.24) is 9.97 Å². The molecule has 142 valence electrons. The van der Waals surface area contributed by atoms with Crippen molar-refractivity contribution in [2.45, 2.75) is 26.2 Å². The van der Waals surface area contributed by atoms with Gasteiger partial charge in [0.2, 0.25) is 0 Å². The van der Waals surface area contributed by atoms with E-state index in [-0.39, 0.29) is 6.61 Å². The van der Waals surface area contributed by atoms with Crippen LogP contribution in [-0.2, 0) is 17.6 Å². The van der Waals surface area contributed by atoms with Gasteiger partial charge in [-0.05, 0) is 54.7 Å². The number of aliphatic carboxylic acids is 1. The van der Waals surface area contributed by atoms with Gasteiger partial charge in [0.25, 0.3) is 0 Å². The molecule has 2 N–H and O–H groups in total. The van der Waals surface area contributed by atoms with Gasteiger partial charge in [-0.25, -0.2) is 4.98 Å². The van der Waals surface area contributed by atoms with Crippen LogP contribution >= 0.6 is 0 Å². The van der Waals surface area contributed by atoms with E-state index >= 15 is 0 Å². The number of carboxylic acid groups (broad SMARTS) is 1. The highest BCUT2D eigenvalue weighted by Crippen LogP contribution is 2.34. The van der Waals surface area contributed by atoms with Gasteiger partial charge in [0, 0.05) is 22.4 Å². The second kappa shape index (κ2) is 7.52. The summed E-state index contributed by atoms with van der Waals surface area (Å²) in [7, 11) is 0. The Bertz CT molecular complexity index is 1190. The van der Waals surface area contributed by atoms with E-state index in [1.165, 1.54) is 0 Å². The van der Waals surface area contributed by atoms with Gasteiger partial charge in [0.1, 0.15) is 0 Å². The van der Waals surface area contributed by atoms with Crippen molar-refractivity contribution < 1.29 is 15.0 Å². The van der Waals surface area contributed by atoms with E-state index in [9.17, 15) is 15.0 Å². The minimum Gasteiger partial charge on any atom is -0.481 e. The first-order valence-electron chi connectivity index (χ1n) is 9.55. The number of hydrogen-bond donors (Lipinski definition) is 2. The summed E-state index contributed by atoms with van der Waals surface area (Å²) in [6.07, 6.45) is 3.56. The van der Waals surface area contributed by atoms with Crippen LogP contribution in [0.2, 0.25) is 0 Å². The maximum absolute atomic E-state index is 11.4. The SMILES string of the molecule is CCc1cc2ncccc2c2nc3ccccc3c(CCC(CO)C(=O)O)c12. The molecule has 0 fully saturated rings. The molecule has 0 aliphatic heterocycles. The zero-order chi connectivity index (χ0) is 19.7. The predicted molar refractivity (Wildman–Crippen MR) is 110 cm³/mol. The van der Waals surface area contributed by atoms with Crippen molar-refractivity contribution in [3.63, 3.8) is 0 Å². The second-order valence-electron chi connectivity index (χ2n) is 7.05. The third kappa shape index (κ3) is 3.08. The van der Waals surface area contributed by atoms with Crippen LogP contribution in [-0.4, -0.2) is 32.8 Å². The average Bonchev–Trinajstić information content (AvgIpc) is 2.72. The van der Waals surface area contributed by atoms with Gasteiger partial charge in [-0.3, -0.25) is 9.78 Å². The summed E-state index contributed by atoms with van der Waals surface area (Å²) < 4.78 is 0. The van der Waals surface area contributed by atoms with Crippen LogP contribution in [0.4, 0.5) is 0 Å². The number of nitrogens with zero attached hydrogens (tertiary/aromatic N) is 2. The Morgan fingerprint density at radius 2 is 1.89 bits per heavy atom. The number of aliphatic hydroxyl groups is 1. The molecule has 0 saturated carbocycles. The summed E-state index contributed by atoms with van der Waals surface area (Å²) in [5.74, 6) is -1.73. The van der Waals surface area contributed by atoms with Crippen LogP contribution in [0.15, 0.2) is 48.7 Å². The highest BCUT2D eigenvalue weighted by atomic mass is 16.4. The normalized spacial score (nSPS) is 12.6. The molecule has 0 amide bonds. The highest BCUT2D eigenvalue weighted by Gasteiger charge is 2.20. The fraction of sp³-hybridized carbons (Fsp3) is 0.261. The fourth-order valence-corrected chi connectivity index (χ4v) is 3.94. The van der Waals surface area contributed by atoms with Gasteiger partial charge in [0.15, 0.2) is 0 Å². The number of carbonyl (C=O) groups is 1. The molecule has 0 radical (unpaired) electrons. The van der Waals surface area contributed by atoms with Crippen molar-refractivity contribution in [3.8, 4) is 0 Å². The van der Waals surface area contributed by atoms with Crippen LogP contribution in [0.25, 0.3) is 32.7 Å². The van der Waals surface area contributed by atoms with E-state index in [1.54, 1.807) is 6.20 Å². The molecule has 0 bridgehead atoms. The Kier molecular flexibility index (Phi) is 4.92. The van der Waals surface area contributed by atoms with Crippen molar-refractivity contribution >= 4 is 38.7 Å². The topological polar surface area (TPSA) is 83.3 Å². The molecular weight excluding hydrogens is 352 g/mol. The third-order valence-electron chi connectivity index (χ3n) is 5.42. The van der Waals surface area contributed by atoms with Crippen LogP contribution in [0.1, 0.15) is 24.5 Å². The van der Waals surface area contributed by atoms with Gasteiger partial charge in [0.05, 0.1) is 29.1 Å². The number of para-hydroxylation sites is 1. The first-order chi connectivity index (χ1) is 13.6. The summed E-state index contributed by atoms with van der Waals surface area (Å²) in [5.41, 5.74) is 4.97. The number of fused-ring (bicyclic) bond motifs is 4. The average molecular weight is 374 g/mol. The Labute approximate surface area is 162 Å². The third-order valence-corrected chi connectivity index (χ3v) is 5.42. The largest absolute Gasteiger partial charge is 0.481 e. The first kappa shape index (κ1) is 18.3. The molecule has 1 unspecified atom stereocenters. The molecule has 0 saturated heterocycles. The molecule has 2 aromatic heterocycles. The van der Waals surface area contributed by atoms with Crippen molar-refractivity contribution in [2.75, 3.05) is 6.61 Å². The fourth-order valence-electron chi connectivity index (χ4n) is 3.94. The van der Waals surface area contributed by atoms with Crippen LogP contribution in [0.5, 0.6) is 0 Å². The molecule has 0 aliphatic rings. The van der Waals surface area contributed by atoms with E-state index in [0.717, 1.165) is 50.3 Å². The molecule has 0 spiro atoms. The Morgan fingerprint density at radius 3 is 2.64 bits per heavy atom. The number of benzene rings is 2. The quantitative estimate of drug-likeness (QED) is 0.392. The number of aromatic nitrogens is 2. The lowest BCUT2D eigenvalue weighted by Crippen LogP contribution is -2.18. The lowest BCUT2D eigenvalue weighted by molar-refractivity contribution is -0.143. The van der Waals surface area contributed by atoms with Gasteiger partial charge < -0.3 is 10.2 Å². The van der Waals surface area contributed by atoms with Gasteiger partial charge >= 0.3 is 5.97 Å². The zero-order valence-electron chi connectivity index (χ0n) is 15.7. The molecule has 0 aliphatic carbocycles. The molecule has 2 aromatic carbocycles. The molecule has 2 heterocycles. The minimum atomic E-state index is -0.962. The number of hydrogen-bond acceptors (Lipinski definition) is 4. The van der Waals surface area contributed by atoms with Gasteiger partial charge in [-0.15, -0.1) is 0 Å². The Morgan fingerprint density at radius 1 is 1.11 bits per heavy atom. The van der Waals surface area contributed by atoms with E-state index < -0.39 is 11.9 Å². The van der Waals surface area contributed by atoms with E-state index in [2.05, 4.69) is 18.0 Å². The number of aryl methyl sites for hydroxylation is 2. The Balaban J connectivity index is 2.03. The molecule has 4 aromatic rings. The van der Waals surface area contributed by atoms with Crippen LogP contribution in [0.3, 0.4) is 0 Å². The lowest BCUT2D eigenvalue weighted by atomic mass is 9.90. The monoisotopic (exact) mass is 374 g/mol. The zero-order valence-corrected chi connectivity index (χ0v) is 15.7. The Hall–Kier alpha value is -3.05. The maximum Gasteiger partial charge on any atom is 0.308 e. The number of carboxylic acids is 1. The molecule has 28 heavy (non-hydrogen) atoms. The summed E-state index contributed by atoms with van der Waals surface area (Å²) in [4.78, 5) is 20.9. The summed E-state index contributed by atoms with van der Waals surface area (Å²) in [6.45, 7) is 1.75. The second-order valence-corrected chi connectivity index (χ2v) is 7.05. The summed E-state index contributed by atoms with van der Waals surface area (Å²) in [6, 6.07) is 14.0. The molecular formula is C23H22N2O3. The smallest absolute Gasteiger partial charge is 0.308 e. The highest BCUT2D eigenvalue weighted by molar-refractivity contribution is 6.11. The minimum absolute atomic E-state index is 0.357. The molecule has 1 atom stereocenters. The molecule has 5 heteroatoms. The van der Waals surface area contributed by atoms with Gasteiger partial charge in [-0.2, -0.15) is 0 Å². The number of rotatable bonds is 6. The maximum atomic E-state index is 11.4. The standard InChI is InChI=1S/C23H22N2O3/c1-2-14-12-20-18(7-5-11-24-20)22-21(14)17(10-9-15(13-26)23(27)28)16-6-3-4-8-19(16)25-22/h3-8,11-12,15,26H,2,9-10,13H2,1H3,(H,27,28). The summed E-state index contributed by atoms with van der Waals surface area (Å²) in [5, 5.41) is 21.9. The predicted octanol–water partition coefficient (Wildman–Crippen LogP) is 4.12. The van der Waals surface area contributed by atoms with E-state index in [0.29, 0.717) is 12.8 Å². The van der Waals surface area contributed by atoms with Crippen molar-refractivity contribution in [1.29, 1.82) is 0 Å². The van der Waals surface area contributed by atoms with E-state index in [1.807, 2.05) is 36.4 Å². The van der Waals surface area contributed by atoms with Crippen molar-refractivity contribution in [3.05, 3.63) is 59.8 Å². The van der Waals surface area contributed by atoms with E-state index in [4.69, 9.17) is 4.98 Å².